The summed E-state index contributed by atoms with van der Waals surface area (Å²) in [6, 6.07) is -0.716. The van der Waals surface area contributed by atoms with Crippen molar-refractivity contribution in [1.29, 1.82) is 0 Å². The van der Waals surface area contributed by atoms with Crippen molar-refractivity contribution in [3.8, 4) is 0 Å². The fourth-order valence-electron chi connectivity index (χ4n) is 7.83. The summed E-state index contributed by atoms with van der Waals surface area (Å²) in [6.07, 6.45) is 61.4. The summed E-state index contributed by atoms with van der Waals surface area (Å²) in [6.45, 7) is 6.34. The highest BCUT2D eigenvalue weighted by Crippen LogP contribution is 2.17. The van der Waals surface area contributed by atoms with Gasteiger partial charge in [0.2, 0.25) is 5.91 Å². The van der Waals surface area contributed by atoms with E-state index in [0.29, 0.717) is 19.3 Å². The van der Waals surface area contributed by atoms with Crippen LogP contribution in [-0.4, -0.2) is 46.9 Å². The number of allylic oxidation sites excluding steroid dienone is 10. The minimum Gasteiger partial charge on any atom is -0.462 e. The van der Waals surface area contributed by atoms with E-state index >= 15 is 0 Å². The first kappa shape index (κ1) is 59.6. The average molecular weight is 868 g/mol. The predicted molar refractivity (Wildman–Crippen MR) is 268 cm³/mol. The van der Waals surface area contributed by atoms with Gasteiger partial charge in [0.15, 0.2) is 0 Å². The van der Waals surface area contributed by atoms with Crippen LogP contribution in [0.1, 0.15) is 258 Å². The third-order valence-corrected chi connectivity index (χ3v) is 11.8. The molecule has 0 radical (unpaired) electrons. The van der Waals surface area contributed by atoms with Gasteiger partial charge in [-0.05, 0) is 89.9 Å². The Morgan fingerprint density at radius 3 is 1.37 bits per heavy atom. The molecule has 0 spiro atoms. The molecule has 0 heterocycles. The number of aliphatic hydroxyl groups excluding tert-OH is 2. The lowest BCUT2D eigenvalue weighted by atomic mass is 10.0. The Morgan fingerprint density at radius 1 is 0.484 bits per heavy atom. The van der Waals surface area contributed by atoms with E-state index in [2.05, 4.69) is 86.8 Å². The van der Waals surface area contributed by atoms with Gasteiger partial charge < -0.3 is 20.3 Å². The van der Waals surface area contributed by atoms with Gasteiger partial charge in [-0.15, -0.1) is 0 Å². The molecule has 0 aromatic rings. The maximum Gasteiger partial charge on any atom is 0.306 e. The van der Waals surface area contributed by atoms with Crippen LogP contribution >= 0.6 is 0 Å². The Morgan fingerprint density at radius 2 is 0.871 bits per heavy atom. The number of nitrogens with one attached hydrogen (secondary N) is 1. The quantitative estimate of drug-likeness (QED) is 0.0322. The molecule has 62 heavy (non-hydrogen) atoms. The highest BCUT2D eigenvalue weighted by atomic mass is 16.5. The third kappa shape index (κ3) is 44.2. The molecule has 0 saturated heterocycles. The van der Waals surface area contributed by atoms with E-state index in [-0.39, 0.29) is 24.9 Å². The number of aliphatic hydroxyl groups is 2. The van der Waals surface area contributed by atoms with Crippen LogP contribution < -0.4 is 5.32 Å². The fourth-order valence-corrected chi connectivity index (χ4v) is 7.83. The Balaban J connectivity index is 4.58. The summed E-state index contributed by atoms with van der Waals surface area (Å²) in [5, 5.41) is 23.8. The Hall–Kier alpha value is -2.44. The largest absolute Gasteiger partial charge is 0.462 e. The van der Waals surface area contributed by atoms with E-state index in [4.69, 9.17) is 4.74 Å². The molecule has 1 amide bonds. The van der Waals surface area contributed by atoms with Gasteiger partial charge in [-0.25, -0.2) is 0 Å². The molecular formula is C56H101NO5. The van der Waals surface area contributed by atoms with Gasteiger partial charge in [-0.3, -0.25) is 9.59 Å². The summed E-state index contributed by atoms with van der Waals surface area (Å²) < 4.78 is 5.91. The molecule has 0 aromatic carbocycles. The lowest BCUT2D eigenvalue weighted by Gasteiger charge is -2.24. The van der Waals surface area contributed by atoms with Gasteiger partial charge in [0, 0.05) is 6.42 Å². The zero-order valence-corrected chi connectivity index (χ0v) is 41.0. The molecule has 3 unspecified atom stereocenters. The van der Waals surface area contributed by atoms with Gasteiger partial charge in [-0.1, -0.05) is 216 Å². The van der Waals surface area contributed by atoms with Crippen molar-refractivity contribution in [2.45, 2.75) is 277 Å². The Labute approximate surface area is 384 Å². The zero-order chi connectivity index (χ0) is 45.2. The van der Waals surface area contributed by atoms with E-state index in [1.54, 1.807) is 0 Å². The molecule has 0 bridgehead atoms. The van der Waals surface area contributed by atoms with Gasteiger partial charge in [0.1, 0.15) is 6.10 Å². The van der Waals surface area contributed by atoms with E-state index in [0.717, 1.165) is 89.9 Å². The van der Waals surface area contributed by atoms with Crippen LogP contribution in [0, 0.1) is 0 Å². The Bertz CT molecular complexity index is 1110. The van der Waals surface area contributed by atoms with E-state index in [1.165, 1.54) is 122 Å². The van der Waals surface area contributed by atoms with E-state index in [1.807, 2.05) is 0 Å². The number of carbonyl (C=O) groups excluding carboxylic acids is 2. The lowest BCUT2D eigenvalue weighted by Crippen LogP contribution is -2.46. The Kier molecular flexibility index (Phi) is 47.6. The summed E-state index contributed by atoms with van der Waals surface area (Å²) in [4.78, 5) is 26.1. The molecular weight excluding hydrogens is 767 g/mol. The highest BCUT2D eigenvalue weighted by Gasteiger charge is 2.24. The molecule has 0 fully saturated rings. The van der Waals surface area contributed by atoms with Gasteiger partial charge in [-0.2, -0.15) is 0 Å². The molecule has 6 heteroatoms. The third-order valence-electron chi connectivity index (χ3n) is 11.8. The summed E-state index contributed by atoms with van der Waals surface area (Å²) in [7, 11) is 0. The smallest absolute Gasteiger partial charge is 0.306 e. The number of hydrogen-bond donors (Lipinski definition) is 3. The first-order valence-electron chi connectivity index (χ1n) is 26.5. The molecule has 0 aliphatic rings. The number of ether oxygens (including phenoxy) is 1. The van der Waals surface area contributed by atoms with Crippen LogP contribution in [0.5, 0.6) is 0 Å². The predicted octanol–water partition coefficient (Wildman–Crippen LogP) is 16.0. The number of hydrogen-bond acceptors (Lipinski definition) is 5. The first-order valence-corrected chi connectivity index (χ1v) is 26.5. The van der Waals surface area contributed by atoms with Crippen molar-refractivity contribution in [3.05, 3.63) is 60.8 Å². The second-order valence-electron chi connectivity index (χ2n) is 17.9. The van der Waals surface area contributed by atoms with Crippen LogP contribution in [0.25, 0.3) is 0 Å². The molecule has 3 N–H and O–H groups in total. The van der Waals surface area contributed by atoms with Crippen molar-refractivity contribution < 1.29 is 24.5 Å². The second kappa shape index (κ2) is 49.6. The van der Waals surface area contributed by atoms with Crippen molar-refractivity contribution in [3.63, 3.8) is 0 Å². The minimum atomic E-state index is -0.800. The van der Waals surface area contributed by atoms with Crippen LogP contribution in [-0.2, 0) is 14.3 Å². The van der Waals surface area contributed by atoms with Gasteiger partial charge in [0.25, 0.3) is 0 Å². The lowest BCUT2D eigenvalue weighted by molar-refractivity contribution is -0.151. The van der Waals surface area contributed by atoms with Crippen LogP contribution in [0.3, 0.4) is 0 Å². The normalized spacial score (nSPS) is 13.7. The van der Waals surface area contributed by atoms with Crippen LogP contribution in [0.15, 0.2) is 60.8 Å². The second-order valence-corrected chi connectivity index (χ2v) is 17.9. The van der Waals surface area contributed by atoms with Crippen molar-refractivity contribution in [1.82, 2.24) is 5.32 Å². The maximum absolute atomic E-state index is 13.2. The summed E-state index contributed by atoms with van der Waals surface area (Å²) in [5.41, 5.74) is 0. The molecule has 360 valence electrons. The molecule has 0 rings (SSSR count). The number of carbonyl (C=O) groups is 2. The molecule has 3 atom stereocenters. The molecule has 0 aliphatic heterocycles. The van der Waals surface area contributed by atoms with Crippen LogP contribution in [0.4, 0.5) is 0 Å². The number of rotatable bonds is 47. The van der Waals surface area contributed by atoms with Gasteiger partial charge >= 0.3 is 5.97 Å². The molecule has 0 aromatic heterocycles. The minimum absolute atomic E-state index is 0.0475. The summed E-state index contributed by atoms with van der Waals surface area (Å²) >= 11 is 0. The van der Waals surface area contributed by atoms with E-state index < -0.39 is 18.2 Å². The van der Waals surface area contributed by atoms with Gasteiger partial charge in [0.05, 0.1) is 25.2 Å². The maximum atomic E-state index is 13.2. The molecule has 0 aliphatic carbocycles. The SMILES string of the molecule is CC/C=C/C/C=C/C/C=C/CCCCC(CC(=O)NC(CO)C(O)CCCCCCCCCCCCCCCC)OC(=O)CCCCCCCCC/C=C\C/C=C\CCCCC. The van der Waals surface area contributed by atoms with E-state index in [9.17, 15) is 19.8 Å². The van der Waals surface area contributed by atoms with Crippen molar-refractivity contribution in [2.75, 3.05) is 6.61 Å². The van der Waals surface area contributed by atoms with Crippen LogP contribution in [0.2, 0.25) is 0 Å². The first-order chi connectivity index (χ1) is 30.5. The van der Waals surface area contributed by atoms with Crippen molar-refractivity contribution in [2.24, 2.45) is 0 Å². The number of unbranched alkanes of at least 4 members (excludes halogenated alkanes) is 25. The molecule has 0 saturated carbocycles. The fraction of sp³-hybridized carbons (Fsp3) is 0.786. The monoisotopic (exact) mass is 868 g/mol. The average Bonchev–Trinajstić information content (AvgIpc) is 3.26. The van der Waals surface area contributed by atoms with Crippen molar-refractivity contribution >= 4 is 11.9 Å². The standard InChI is InChI=1S/C56H101NO5/c1-4-7-10-13-16-19-22-25-27-28-29-31-34-37-40-43-46-49-56(61)62-52(47-44-41-38-35-32-24-21-18-15-12-9-6-3)50-55(60)57-53(51-58)54(59)48-45-42-39-36-33-30-26-23-20-17-14-11-8-5-2/h9,12,16,18-19,21,25,27,32,35,52-54,58-59H,4-8,10-11,13-15,17,20,22-24,26,28-31,33-34,36-51H2,1-3H3,(H,57,60)/b12-9+,19-16-,21-18+,27-25-,35-32+. The number of esters is 1. The number of amides is 1. The zero-order valence-electron chi connectivity index (χ0n) is 41.0. The highest BCUT2D eigenvalue weighted by molar-refractivity contribution is 5.77. The summed E-state index contributed by atoms with van der Waals surface area (Å²) in [5.74, 6) is -0.519. The topological polar surface area (TPSA) is 95.9 Å². The molecule has 6 nitrogen and oxygen atoms in total.